The van der Waals surface area contributed by atoms with Gasteiger partial charge in [-0.3, -0.25) is 0 Å². The average Bonchev–Trinajstić information content (AvgIpc) is 3.87. The average molecular weight is 809 g/mol. The molecule has 0 N–H and O–H groups in total. The van der Waals surface area contributed by atoms with E-state index in [1.807, 2.05) is 20.7 Å². The van der Waals surface area contributed by atoms with Gasteiger partial charge in [-0.25, -0.2) is 0 Å². The highest BCUT2D eigenvalue weighted by Crippen LogP contribution is 2.57. The Kier molecular flexibility index (Phi) is 12.1. The largest absolute Gasteiger partial charge is 0.454 e. The number of benzene rings is 8. The van der Waals surface area contributed by atoms with E-state index in [1.54, 1.807) is 0 Å². The number of rotatable bonds is 4. The van der Waals surface area contributed by atoms with Crippen LogP contribution in [0, 0.1) is 0 Å². The summed E-state index contributed by atoms with van der Waals surface area (Å²) in [6.07, 6.45) is 0. The molecule has 3 aliphatic rings. The predicted molar refractivity (Wildman–Crippen MR) is 261 cm³/mol. The van der Waals surface area contributed by atoms with Crippen LogP contribution < -0.4 is 0 Å². The fourth-order valence-electron chi connectivity index (χ4n) is 9.94. The standard InChI is InChI=1S/2C25H18.C7H15BO2.C2H6/c2*1-3-11-19(12-4-1)25(20-13-5-2-6-14-20)23-17-9-7-15-21(23)22-16-8-10-18-24(22)25;1-6(2)7(3,4)10-8(5)9-6;1-2/h2*1-18H;1-5H3;1-2H3. The third-order valence-electron chi connectivity index (χ3n) is 13.1. The highest BCUT2D eigenvalue weighted by molar-refractivity contribution is 6.43. The van der Waals surface area contributed by atoms with E-state index in [9.17, 15) is 0 Å². The lowest BCUT2D eigenvalue weighted by Gasteiger charge is -2.33. The molecule has 0 spiro atoms. The molecule has 1 heterocycles. The van der Waals surface area contributed by atoms with Gasteiger partial charge in [0.25, 0.3) is 0 Å². The van der Waals surface area contributed by atoms with Crippen LogP contribution in [0.25, 0.3) is 22.3 Å². The van der Waals surface area contributed by atoms with Gasteiger partial charge in [0.2, 0.25) is 0 Å². The Morgan fingerprint density at radius 3 is 0.677 bits per heavy atom. The summed E-state index contributed by atoms with van der Waals surface area (Å²) in [5, 5.41) is 0. The van der Waals surface area contributed by atoms with Gasteiger partial charge in [-0.15, -0.1) is 0 Å². The van der Waals surface area contributed by atoms with Crippen molar-refractivity contribution >= 4 is 7.12 Å². The molecular weight excluding hydrogens is 751 g/mol. The van der Waals surface area contributed by atoms with Gasteiger partial charge >= 0.3 is 7.12 Å². The van der Waals surface area contributed by atoms with E-state index in [1.165, 1.54) is 66.8 Å². The zero-order chi connectivity index (χ0) is 43.4. The summed E-state index contributed by atoms with van der Waals surface area (Å²) in [4.78, 5) is 0. The SMILES string of the molecule is CB1OC(C)(C)C(C)(C)O1.CC.c1ccc(C2(c3ccccc3)c3ccccc3-c3ccccc32)cc1.c1ccc(C2(c3ccccc3)c3ccccc3-c3ccccc32)cc1. The fraction of sp³-hybridized carbons (Fsp3) is 0.186. The first-order valence-electron chi connectivity index (χ1n) is 22.2. The van der Waals surface area contributed by atoms with E-state index in [2.05, 4.69) is 246 Å². The second-order valence-electron chi connectivity index (χ2n) is 17.0. The Labute approximate surface area is 370 Å². The first kappa shape index (κ1) is 42.4. The number of hydrogen-bond acceptors (Lipinski definition) is 2. The van der Waals surface area contributed by atoms with Crippen molar-refractivity contribution in [1.29, 1.82) is 0 Å². The molecule has 2 aliphatic carbocycles. The molecule has 0 radical (unpaired) electrons. The van der Waals surface area contributed by atoms with Crippen molar-refractivity contribution in [3.05, 3.63) is 263 Å². The van der Waals surface area contributed by atoms with Crippen LogP contribution in [-0.4, -0.2) is 18.3 Å². The van der Waals surface area contributed by atoms with E-state index < -0.39 is 0 Å². The first-order chi connectivity index (χ1) is 30.2. The van der Waals surface area contributed by atoms with Crippen LogP contribution >= 0.6 is 0 Å². The maximum atomic E-state index is 5.54. The van der Waals surface area contributed by atoms with Crippen molar-refractivity contribution in [1.82, 2.24) is 0 Å². The minimum Gasteiger partial charge on any atom is -0.403 e. The molecule has 3 heteroatoms. The van der Waals surface area contributed by atoms with E-state index in [4.69, 9.17) is 9.31 Å². The van der Waals surface area contributed by atoms with Gasteiger partial charge in [0.15, 0.2) is 0 Å². The molecule has 0 bridgehead atoms. The summed E-state index contributed by atoms with van der Waals surface area (Å²) in [6.45, 7) is 14.1. The Balaban J connectivity index is 0.000000136. The van der Waals surface area contributed by atoms with E-state index >= 15 is 0 Å². The van der Waals surface area contributed by atoms with E-state index in [0.717, 1.165) is 0 Å². The molecular formula is C59H57BO2. The highest BCUT2D eigenvalue weighted by Gasteiger charge is 2.49. The van der Waals surface area contributed by atoms with Crippen LogP contribution in [0.5, 0.6) is 0 Å². The molecule has 11 rings (SSSR count). The molecule has 0 aromatic heterocycles. The highest BCUT2D eigenvalue weighted by atomic mass is 16.7. The molecule has 1 aliphatic heterocycles. The van der Waals surface area contributed by atoms with Crippen molar-refractivity contribution in [2.24, 2.45) is 0 Å². The van der Waals surface area contributed by atoms with Gasteiger partial charge in [0.05, 0.1) is 22.0 Å². The summed E-state index contributed by atoms with van der Waals surface area (Å²) in [5.74, 6) is 0. The van der Waals surface area contributed by atoms with Gasteiger partial charge in [-0.2, -0.15) is 0 Å². The lowest BCUT2D eigenvalue weighted by atomic mass is 9.68. The molecule has 8 aromatic carbocycles. The van der Waals surface area contributed by atoms with Crippen molar-refractivity contribution in [3.63, 3.8) is 0 Å². The molecule has 2 nitrogen and oxygen atoms in total. The van der Waals surface area contributed by atoms with Gasteiger partial charge in [0.1, 0.15) is 0 Å². The minimum atomic E-state index is -0.254. The summed E-state index contributed by atoms with van der Waals surface area (Å²) in [5.41, 5.74) is 15.3. The zero-order valence-electron chi connectivity index (χ0n) is 37.2. The Bertz CT molecular complexity index is 2360. The maximum Gasteiger partial charge on any atom is 0.454 e. The molecule has 62 heavy (non-hydrogen) atoms. The molecule has 0 unspecified atom stereocenters. The second-order valence-corrected chi connectivity index (χ2v) is 17.0. The van der Waals surface area contributed by atoms with Crippen LogP contribution in [0.1, 0.15) is 86.1 Å². The second kappa shape index (κ2) is 17.6. The smallest absolute Gasteiger partial charge is 0.403 e. The molecule has 0 atom stereocenters. The van der Waals surface area contributed by atoms with E-state index in [0.29, 0.717) is 0 Å². The molecule has 1 fully saturated rings. The van der Waals surface area contributed by atoms with Gasteiger partial charge < -0.3 is 9.31 Å². The summed E-state index contributed by atoms with van der Waals surface area (Å²) in [7, 11) is -0.0648. The van der Waals surface area contributed by atoms with Gasteiger partial charge in [0, 0.05) is 0 Å². The summed E-state index contributed by atoms with van der Waals surface area (Å²) >= 11 is 0. The van der Waals surface area contributed by atoms with Gasteiger partial charge in [-0.1, -0.05) is 232 Å². The summed E-state index contributed by atoms with van der Waals surface area (Å²) < 4.78 is 11.1. The van der Waals surface area contributed by atoms with Crippen LogP contribution in [0.2, 0.25) is 6.82 Å². The quantitative estimate of drug-likeness (QED) is 0.165. The first-order valence-corrected chi connectivity index (χ1v) is 22.2. The van der Waals surface area contributed by atoms with Crippen LogP contribution in [0.4, 0.5) is 0 Å². The Morgan fingerprint density at radius 2 is 0.484 bits per heavy atom. The lowest BCUT2D eigenvalue weighted by Crippen LogP contribution is -2.41. The van der Waals surface area contributed by atoms with E-state index in [-0.39, 0.29) is 29.2 Å². The zero-order valence-corrected chi connectivity index (χ0v) is 37.2. The van der Waals surface area contributed by atoms with Gasteiger partial charge in [-0.05, 0) is 101 Å². The molecule has 0 saturated carbocycles. The molecule has 308 valence electrons. The third-order valence-corrected chi connectivity index (χ3v) is 13.1. The normalized spacial score (nSPS) is 16.0. The third kappa shape index (κ3) is 7.14. The minimum absolute atomic E-state index is 0.0648. The van der Waals surface area contributed by atoms with Crippen molar-refractivity contribution in [3.8, 4) is 22.3 Å². The van der Waals surface area contributed by atoms with Crippen molar-refractivity contribution in [2.45, 2.75) is 70.4 Å². The van der Waals surface area contributed by atoms with Crippen molar-refractivity contribution < 1.29 is 9.31 Å². The molecule has 1 saturated heterocycles. The van der Waals surface area contributed by atoms with Crippen LogP contribution in [0.3, 0.4) is 0 Å². The van der Waals surface area contributed by atoms with Crippen LogP contribution in [-0.2, 0) is 20.1 Å². The number of fused-ring (bicyclic) bond motifs is 6. The lowest BCUT2D eigenvalue weighted by molar-refractivity contribution is 0.00578. The molecule has 0 amide bonds. The molecule has 8 aromatic rings. The van der Waals surface area contributed by atoms with Crippen LogP contribution in [0.15, 0.2) is 218 Å². The summed E-state index contributed by atoms with van der Waals surface area (Å²) in [6, 6.07) is 78.9. The Hall–Kier alpha value is -6.26. The monoisotopic (exact) mass is 808 g/mol. The maximum absolute atomic E-state index is 5.54. The number of hydrogen-bond donors (Lipinski definition) is 0. The van der Waals surface area contributed by atoms with Crippen molar-refractivity contribution in [2.75, 3.05) is 0 Å². The topological polar surface area (TPSA) is 18.5 Å². The predicted octanol–water partition coefficient (Wildman–Crippen LogP) is 14.8. The Morgan fingerprint density at radius 1 is 0.290 bits per heavy atom. The fourth-order valence-corrected chi connectivity index (χ4v) is 9.94.